The van der Waals surface area contributed by atoms with Gasteiger partial charge in [0.25, 0.3) is 0 Å². The maximum absolute atomic E-state index is 12.2. The molecular weight excluding hydrogens is 729 g/mol. The van der Waals surface area contributed by atoms with Crippen molar-refractivity contribution >= 4 is 17.9 Å². The van der Waals surface area contributed by atoms with Gasteiger partial charge in [-0.1, -0.05) is 116 Å². The first kappa shape index (κ1) is 50.8. The molecule has 1 aromatic carbocycles. The minimum absolute atomic E-state index is 0.00967. The molecule has 7 atom stereocenters. The van der Waals surface area contributed by atoms with Gasteiger partial charge in [-0.05, 0) is 101 Å². The van der Waals surface area contributed by atoms with Crippen LogP contribution in [-0.4, -0.2) is 66.8 Å². The first-order valence-electron chi connectivity index (χ1n) is 23.0. The largest absolute Gasteiger partial charge is 0.460 e. The molecule has 10 nitrogen and oxygen atoms in total. The summed E-state index contributed by atoms with van der Waals surface area (Å²) in [7, 11) is 0. The van der Waals surface area contributed by atoms with Crippen LogP contribution in [0.4, 0.5) is 0 Å². The summed E-state index contributed by atoms with van der Waals surface area (Å²) in [5, 5.41) is 10.5. The first-order valence-corrected chi connectivity index (χ1v) is 23.0. The van der Waals surface area contributed by atoms with Crippen LogP contribution in [0.1, 0.15) is 175 Å². The summed E-state index contributed by atoms with van der Waals surface area (Å²) < 4.78 is 16.9. The fourth-order valence-corrected chi connectivity index (χ4v) is 8.10. The van der Waals surface area contributed by atoms with E-state index in [4.69, 9.17) is 14.2 Å². The number of pyridine rings is 1. The smallest absolute Gasteiger partial charge is 0.308 e. The van der Waals surface area contributed by atoms with E-state index in [1.54, 1.807) is 6.20 Å². The Kier molecular flexibility index (Phi) is 26.9. The van der Waals surface area contributed by atoms with Gasteiger partial charge in [0, 0.05) is 38.2 Å². The average molecular weight is 809 g/mol. The summed E-state index contributed by atoms with van der Waals surface area (Å²) >= 11 is 0. The van der Waals surface area contributed by atoms with Gasteiger partial charge in [0.1, 0.15) is 12.2 Å². The van der Waals surface area contributed by atoms with Crippen LogP contribution in [0.15, 0.2) is 54.7 Å². The van der Waals surface area contributed by atoms with E-state index in [1.807, 2.05) is 83.1 Å². The summed E-state index contributed by atoms with van der Waals surface area (Å²) in [4.78, 5) is 38.9. The summed E-state index contributed by atoms with van der Waals surface area (Å²) in [6.07, 6.45) is 19.2. The summed E-state index contributed by atoms with van der Waals surface area (Å²) in [6, 6.07) is 16.5. The molecule has 3 saturated heterocycles. The zero-order valence-electron chi connectivity index (χ0n) is 37.4. The number of rotatable bonds is 11. The number of carbonyl (C=O) groups is 3. The quantitative estimate of drug-likeness (QED) is 0.149. The van der Waals surface area contributed by atoms with E-state index in [2.05, 4.69) is 27.9 Å². The highest BCUT2D eigenvalue weighted by molar-refractivity contribution is 5.72. The van der Waals surface area contributed by atoms with Gasteiger partial charge in [-0.15, -0.1) is 0 Å². The predicted molar refractivity (Wildman–Crippen MR) is 235 cm³/mol. The number of piperidine rings is 3. The molecule has 6 rings (SSSR count). The molecule has 0 bridgehead atoms. The highest BCUT2D eigenvalue weighted by Crippen LogP contribution is 2.32. The molecule has 3 aliphatic heterocycles. The van der Waals surface area contributed by atoms with Gasteiger partial charge in [-0.2, -0.15) is 0 Å². The van der Waals surface area contributed by atoms with E-state index in [9.17, 15) is 14.4 Å². The number of nitrogens with zero attached hydrogens (tertiary/aromatic N) is 1. The third-order valence-electron chi connectivity index (χ3n) is 11.2. The number of hydrogen-bond acceptors (Lipinski definition) is 10. The number of benzene rings is 1. The molecule has 7 unspecified atom stereocenters. The number of hydrogen-bond donors (Lipinski definition) is 3. The molecule has 1 aromatic heterocycles. The normalized spacial score (nSPS) is 22.6. The van der Waals surface area contributed by atoms with E-state index < -0.39 is 0 Å². The number of nitrogens with one attached hydrogen (secondary N) is 3. The van der Waals surface area contributed by atoms with Crippen LogP contribution in [0.25, 0.3) is 0 Å². The molecule has 0 spiro atoms. The van der Waals surface area contributed by atoms with Crippen molar-refractivity contribution in [1.82, 2.24) is 20.9 Å². The Balaban J connectivity index is 0.000000288. The van der Waals surface area contributed by atoms with Crippen LogP contribution in [0.3, 0.4) is 0 Å². The van der Waals surface area contributed by atoms with Gasteiger partial charge in [0.15, 0.2) is 6.10 Å². The molecule has 1 saturated carbocycles. The maximum Gasteiger partial charge on any atom is 0.308 e. The van der Waals surface area contributed by atoms with Crippen molar-refractivity contribution in [3.63, 3.8) is 0 Å². The molecule has 58 heavy (non-hydrogen) atoms. The lowest BCUT2D eigenvalue weighted by molar-refractivity contribution is -0.159. The van der Waals surface area contributed by atoms with Crippen molar-refractivity contribution in [1.29, 1.82) is 0 Å². The highest BCUT2D eigenvalue weighted by atomic mass is 16.6. The monoisotopic (exact) mass is 809 g/mol. The molecule has 4 aliphatic rings. The van der Waals surface area contributed by atoms with Crippen LogP contribution in [-0.2, 0) is 28.6 Å². The van der Waals surface area contributed by atoms with Gasteiger partial charge in [0.2, 0.25) is 0 Å². The molecule has 10 heteroatoms. The SMILES string of the molecule is CC.CC.CC(=O)OC(c1ccccc1)C1CCCCN1.CC(=O)OC(c1ccccn1)C1CCCCN1.CCC(C)C(=O)OC(C1CCCCC1)C1CCCCN1. The number of esters is 3. The Labute approximate surface area is 352 Å². The Morgan fingerprint density at radius 1 is 0.621 bits per heavy atom. The first-order chi connectivity index (χ1) is 28.3. The Hall–Kier alpha value is -3.34. The number of aromatic nitrogens is 1. The molecular formula is C48H80N4O6. The van der Waals surface area contributed by atoms with E-state index in [1.165, 1.54) is 84.5 Å². The number of ether oxygens (including phenoxy) is 3. The number of carbonyl (C=O) groups excluding carboxylic acids is 3. The van der Waals surface area contributed by atoms with Gasteiger partial charge >= 0.3 is 17.9 Å². The third-order valence-corrected chi connectivity index (χ3v) is 11.2. The zero-order valence-corrected chi connectivity index (χ0v) is 37.4. The highest BCUT2D eigenvalue weighted by Gasteiger charge is 2.35. The van der Waals surface area contributed by atoms with E-state index >= 15 is 0 Å². The maximum atomic E-state index is 12.2. The lowest BCUT2D eigenvalue weighted by Gasteiger charge is -2.38. The molecule has 4 fully saturated rings. The van der Waals surface area contributed by atoms with Crippen molar-refractivity contribution in [3.8, 4) is 0 Å². The molecule has 0 amide bonds. The summed E-state index contributed by atoms with van der Waals surface area (Å²) in [6.45, 7) is 18.0. The lowest BCUT2D eigenvalue weighted by atomic mass is 9.80. The van der Waals surface area contributed by atoms with E-state index in [-0.39, 0.29) is 54.2 Å². The molecule has 4 heterocycles. The van der Waals surface area contributed by atoms with Gasteiger partial charge in [0.05, 0.1) is 11.6 Å². The molecule has 1 aliphatic carbocycles. The van der Waals surface area contributed by atoms with E-state index in [0.29, 0.717) is 12.0 Å². The summed E-state index contributed by atoms with van der Waals surface area (Å²) in [5.74, 6) is 0.145. The van der Waals surface area contributed by atoms with Crippen molar-refractivity contribution in [2.75, 3.05) is 19.6 Å². The van der Waals surface area contributed by atoms with Gasteiger partial charge in [-0.25, -0.2) is 0 Å². The molecule has 2 aromatic rings. The van der Waals surface area contributed by atoms with Crippen molar-refractivity contribution in [2.45, 2.75) is 188 Å². The zero-order chi connectivity index (χ0) is 42.5. The van der Waals surface area contributed by atoms with Crippen LogP contribution >= 0.6 is 0 Å². The lowest BCUT2D eigenvalue weighted by Crippen LogP contribution is -2.49. The van der Waals surface area contributed by atoms with Gasteiger partial charge in [-0.3, -0.25) is 19.4 Å². The van der Waals surface area contributed by atoms with Crippen LogP contribution in [0.5, 0.6) is 0 Å². The van der Waals surface area contributed by atoms with Crippen molar-refractivity contribution in [2.24, 2.45) is 11.8 Å². The third kappa shape index (κ3) is 18.7. The molecule has 328 valence electrons. The van der Waals surface area contributed by atoms with Gasteiger partial charge < -0.3 is 30.2 Å². The topological polar surface area (TPSA) is 128 Å². The summed E-state index contributed by atoms with van der Waals surface area (Å²) in [5.41, 5.74) is 1.89. The average Bonchev–Trinajstić information content (AvgIpc) is 3.29. The van der Waals surface area contributed by atoms with Crippen LogP contribution < -0.4 is 16.0 Å². The van der Waals surface area contributed by atoms with E-state index in [0.717, 1.165) is 56.6 Å². The standard InChI is InChI=1S/C17H31NO2.C14H19NO2.C13H18N2O2.2C2H6/c1-3-13(2)17(19)20-16(14-9-5-4-6-10-14)15-11-7-8-12-18-15;1-11(16)17-14(12-7-3-2-4-8-12)13-9-5-6-10-15-13;1-10(16)17-13(11-6-2-4-8-14-11)12-7-3-5-9-15-12;2*1-2/h13-16,18H,3-12H2,1-2H3;2-4,7-8,13-15H,5-6,9-10H2,1H3;2,4,6,8,12-13,15H,3,5,7,9H2,1H3;2*1-2H3. The Bertz CT molecular complexity index is 1250. The Morgan fingerprint density at radius 3 is 1.57 bits per heavy atom. The second-order valence-electron chi connectivity index (χ2n) is 15.5. The Morgan fingerprint density at radius 2 is 1.10 bits per heavy atom. The fraction of sp³-hybridized carbons (Fsp3) is 0.708. The predicted octanol–water partition coefficient (Wildman–Crippen LogP) is 9.98. The van der Waals surface area contributed by atoms with Crippen LogP contribution in [0, 0.1) is 11.8 Å². The minimum atomic E-state index is -0.269. The van der Waals surface area contributed by atoms with Crippen LogP contribution in [0.2, 0.25) is 0 Å². The molecule has 0 radical (unpaired) electrons. The fourth-order valence-electron chi connectivity index (χ4n) is 8.10. The second kappa shape index (κ2) is 30.7. The molecule has 3 N–H and O–H groups in total. The second-order valence-corrected chi connectivity index (χ2v) is 15.5. The van der Waals surface area contributed by atoms with Crippen molar-refractivity contribution in [3.05, 3.63) is 66.0 Å². The van der Waals surface area contributed by atoms with Crippen molar-refractivity contribution < 1.29 is 28.6 Å². The minimum Gasteiger partial charge on any atom is -0.460 e.